The molecule has 9 heteroatoms. The largest absolute Gasteiger partial charge is 0.480 e. The molecule has 0 saturated carbocycles. The number of nitrogens with one attached hydrogen (secondary N) is 1. The van der Waals surface area contributed by atoms with Gasteiger partial charge in [-0.3, -0.25) is 4.99 Å². The van der Waals surface area contributed by atoms with Crippen molar-refractivity contribution in [2.24, 2.45) is 4.99 Å². The van der Waals surface area contributed by atoms with E-state index in [0.29, 0.717) is 17.1 Å². The first-order valence-corrected chi connectivity index (χ1v) is 10.5. The fourth-order valence-electron chi connectivity index (χ4n) is 2.47. The molecule has 1 fully saturated rings. The van der Waals surface area contributed by atoms with Gasteiger partial charge in [-0.05, 0) is 29.1 Å². The van der Waals surface area contributed by atoms with Crippen molar-refractivity contribution in [1.82, 2.24) is 20.2 Å². The number of hydrogen-bond donors (Lipinski definition) is 1. The second-order valence-corrected chi connectivity index (χ2v) is 7.87. The average molecular weight is 431 g/mol. The average Bonchev–Trinajstić information content (AvgIpc) is 2.65. The Labute approximate surface area is 162 Å². The van der Waals surface area contributed by atoms with Crippen molar-refractivity contribution in [3.8, 4) is 5.88 Å². The van der Waals surface area contributed by atoms with E-state index in [4.69, 9.17) is 9.73 Å². The summed E-state index contributed by atoms with van der Waals surface area (Å²) < 4.78 is 6.03. The molecule has 2 rings (SSSR count). The highest BCUT2D eigenvalue weighted by atomic mass is 79.9. The van der Waals surface area contributed by atoms with Gasteiger partial charge in [0.05, 0.1) is 24.3 Å². The molecule has 1 aliphatic rings. The summed E-state index contributed by atoms with van der Waals surface area (Å²) >= 11 is 5.23. The molecule has 2 heterocycles. The monoisotopic (exact) mass is 430 g/mol. The molecular formula is C16H27BrN6OS. The van der Waals surface area contributed by atoms with E-state index in [1.165, 1.54) is 0 Å². The highest BCUT2D eigenvalue weighted by Gasteiger charge is 2.22. The summed E-state index contributed by atoms with van der Waals surface area (Å²) in [4.78, 5) is 18.1. The molecule has 0 radical (unpaired) electrons. The van der Waals surface area contributed by atoms with Crippen LogP contribution in [0.4, 0.5) is 5.95 Å². The number of methoxy groups -OCH3 is 1. The van der Waals surface area contributed by atoms with Crippen LogP contribution in [0.1, 0.15) is 13.8 Å². The van der Waals surface area contributed by atoms with E-state index < -0.39 is 0 Å². The molecule has 25 heavy (non-hydrogen) atoms. The van der Waals surface area contributed by atoms with Crippen LogP contribution in [0, 0.1) is 0 Å². The SMILES string of the molecule is CCNC(=NCC(C)SC)N1CCN(c2ncc(Br)c(OC)n2)CC1. The van der Waals surface area contributed by atoms with Gasteiger partial charge in [-0.1, -0.05) is 6.92 Å². The smallest absolute Gasteiger partial charge is 0.232 e. The summed E-state index contributed by atoms with van der Waals surface area (Å²) in [5, 5.41) is 3.93. The van der Waals surface area contributed by atoms with Crippen molar-refractivity contribution in [2.75, 3.05) is 57.5 Å². The third-order valence-electron chi connectivity index (χ3n) is 3.99. The number of nitrogens with zero attached hydrogens (tertiary/aromatic N) is 5. The first-order valence-electron chi connectivity index (χ1n) is 8.46. The van der Waals surface area contributed by atoms with E-state index in [0.717, 1.165) is 49.7 Å². The molecule has 0 bridgehead atoms. The Kier molecular flexibility index (Phi) is 8.08. The number of hydrogen-bond acceptors (Lipinski definition) is 6. The standard InChI is InChI=1S/C16H27BrN6OS/c1-5-18-15(19-10-12(2)25-4)22-6-8-23(9-7-22)16-20-11-13(17)14(21-16)24-3/h11-12H,5-10H2,1-4H3,(H,18,19). The van der Waals surface area contributed by atoms with Crippen LogP contribution in [0.3, 0.4) is 0 Å². The van der Waals surface area contributed by atoms with Gasteiger partial charge in [-0.25, -0.2) is 4.98 Å². The molecule has 1 aromatic heterocycles. The van der Waals surface area contributed by atoms with E-state index in [2.05, 4.69) is 61.1 Å². The third-order valence-corrected chi connectivity index (χ3v) is 5.49. The number of anilines is 1. The van der Waals surface area contributed by atoms with Gasteiger partial charge in [0.25, 0.3) is 0 Å². The number of aromatic nitrogens is 2. The van der Waals surface area contributed by atoms with Crippen LogP contribution in [-0.4, -0.2) is 78.7 Å². The fraction of sp³-hybridized carbons (Fsp3) is 0.688. The lowest BCUT2D eigenvalue weighted by molar-refractivity contribution is 0.366. The summed E-state index contributed by atoms with van der Waals surface area (Å²) in [5.74, 6) is 2.27. The van der Waals surface area contributed by atoms with Crippen molar-refractivity contribution < 1.29 is 4.74 Å². The summed E-state index contributed by atoms with van der Waals surface area (Å²) in [7, 11) is 1.61. The maximum atomic E-state index is 5.27. The molecule has 0 spiro atoms. The summed E-state index contributed by atoms with van der Waals surface area (Å²) in [5.41, 5.74) is 0. The minimum absolute atomic E-state index is 0.526. The Hall–Kier alpha value is -1.22. The van der Waals surface area contributed by atoms with Gasteiger partial charge in [-0.15, -0.1) is 0 Å². The molecule has 140 valence electrons. The van der Waals surface area contributed by atoms with E-state index in [9.17, 15) is 0 Å². The predicted octanol–water partition coefficient (Wildman–Crippen LogP) is 2.09. The Morgan fingerprint density at radius 2 is 2.16 bits per heavy atom. The molecule has 1 saturated heterocycles. The Morgan fingerprint density at radius 1 is 1.44 bits per heavy atom. The van der Waals surface area contributed by atoms with Crippen LogP contribution in [-0.2, 0) is 0 Å². The molecule has 0 aromatic carbocycles. The van der Waals surface area contributed by atoms with Gasteiger partial charge in [0.2, 0.25) is 11.8 Å². The molecule has 1 aromatic rings. The van der Waals surface area contributed by atoms with Crippen LogP contribution >= 0.6 is 27.7 Å². The molecule has 1 unspecified atom stereocenters. The maximum absolute atomic E-state index is 5.27. The number of thioether (sulfide) groups is 1. The highest BCUT2D eigenvalue weighted by molar-refractivity contribution is 9.10. The van der Waals surface area contributed by atoms with Crippen molar-refractivity contribution in [2.45, 2.75) is 19.1 Å². The number of ether oxygens (including phenoxy) is 1. The minimum atomic E-state index is 0.526. The van der Waals surface area contributed by atoms with Crippen LogP contribution < -0.4 is 15.0 Å². The first-order chi connectivity index (χ1) is 12.1. The quantitative estimate of drug-likeness (QED) is 0.547. The van der Waals surface area contributed by atoms with Crippen LogP contribution in [0.5, 0.6) is 5.88 Å². The summed E-state index contributed by atoms with van der Waals surface area (Å²) in [6, 6.07) is 0. The van der Waals surface area contributed by atoms with Crippen molar-refractivity contribution >= 4 is 39.6 Å². The van der Waals surface area contributed by atoms with Gasteiger partial charge in [-0.2, -0.15) is 16.7 Å². The number of rotatable bonds is 6. The lowest BCUT2D eigenvalue weighted by Crippen LogP contribution is -2.53. The lowest BCUT2D eigenvalue weighted by Gasteiger charge is -2.36. The van der Waals surface area contributed by atoms with Gasteiger partial charge >= 0.3 is 0 Å². The van der Waals surface area contributed by atoms with E-state index in [1.54, 1.807) is 13.3 Å². The number of halogens is 1. The van der Waals surface area contributed by atoms with E-state index in [-0.39, 0.29) is 0 Å². The minimum Gasteiger partial charge on any atom is -0.480 e. The molecule has 1 aliphatic heterocycles. The molecule has 0 aliphatic carbocycles. The number of aliphatic imine (C=N–C) groups is 1. The zero-order chi connectivity index (χ0) is 18.2. The predicted molar refractivity (Wildman–Crippen MR) is 109 cm³/mol. The van der Waals surface area contributed by atoms with Gasteiger partial charge in [0.15, 0.2) is 5.96 Å². The van der Waals surface area contributed by atoms with Gasteiger partial charge in [0.1, 0.15) is 0 Å². The summed E-state index contributed by atoms with van der Waals surface area (Å²) in [6.45, 7) is 9.50. The van der Waals surface area contributed by atoms with Crippen LogP contribution in [0.25, 0.3) is 0 Å². The van der Waals surface area contributed by atoms with Crippen LogP contribution in [0.2, 0.25) is 0 Å². The number of guanidine groups is 1. The molecule has 0 amide bonds. The molecular weight excluding hydrogens is 404 g/mol. The van der Waals surface area contributed by atoms with E-state index in [1.807, 2.05) is 11.8 Å². The third kappa shape index (κ3) is 5.64. The molecule has 1 atom stereocenters. The fourth-order valence-corrected chi connectivity index (χ4v) is 3.05. The maximum Gasteiger partial charge on any atom is 0.232 e. The second-order valence-electron chi connectivity index (χ2n) is 5.74. The lowest BCUT2D eigenvalue weighted by atomic mass is 10.3. The highest BCUT2D eigenvalue weighted by Crippen LogP contribution is 2.23. The molecule has 7 nitrogen and oxygen atoms in total. The number of piperazine rings is 1. The normalized spacial score (nSPS) is 16.8. The summed E-state index contributed by atoms with van der Waals surface area (Å²) in [6.07, 6.45) is 3.86. The van der Waals surface area contributed by atoms with Gasteiger partial charge < -0.3 is 19.9 Å². The Bertz CT molecular complexity index is 580. The zero-order valence-corrected chi connectivity index (χ0v) is 17.7. The molecule has 1 N–H and O–H groups in total. The zero-order valence-electron chi connectivity index (χ0n) is 15.3. The van der Waals surface area contributed by atoms with E-state index >= 15 is 0 Å². The van der Waals surface area contributed by atoms with Crippen LogP contribution in [0.15, 0.2) is 15.7 Å². The Morgan fingerprint density at radius 3 is 2.76 bits per heavy atom. The Balaban J connectivity index is 1.99. The first kappa shape index (κ1) is 20.1. The topological polar surface area (TPSA) is 65.9 Å². The van der Waals surface area contributed by atoms with Crippen molar-refractivity contribution in [3.63, 3.8) is 0 Å². The van der Waals surface area contributed by atoms with Crippen molar-refractivity contribution in [1.29, 1.82) is 0 Å². The second kappa shape index (κ2) is 10.1. The van der Waals surface area contributed by atoms with Gasteiger partial charge in [0, 0.05) is 38.0 Å². The van der Waals surface area contributed by atoms with Crippen molar-refractivity contribution in [3.05, 3.63) is 10.7 Å².